The highest BCUT2D eigenvalue weighted by Gasteiger charge is 2.07. The van der Waals surface area contributed by atoms with Crippen LogP contribution in [0.1, 0.15) is 5.56 Å². The number of carbonyl (C=O) groups excluding carboxylic acids is 1. The molecule has 0 spiro atoms. The van der Waals surface area contributed by atoms with Crippen molar-refractivity contribution in [3.63, 3.8) is 0 Å². The first-order valence-corrected chi connectivity index (χ1v) is 5.50. The average Bonchev–Trinajstić information content (AvgIpc) is 2.29. The van der Waals surface area contributed by atoms with E-state index in [1.807, 2.05) is 6.92 Å². The first kappa shape index (κ1) is 13.9. The fourth-order valence-corrected chi connectivity index (χ4v) is 1.28. The zero-order valence-electron chi connectivity index (χ0n) is 9.83. The van der Waals surface area contributed by atoms with E-state index >= 15 is 0 Å². The van der Waals surface area contributed by atoms with Gasteiger partial charge in [-0.05, 0) is 18.6 Å². The Labute approximate surface area is 105 Å². The molecule has 0 saturated heterocycles. The molecule has 0 fully saturated rings. The molecular formula is C11H15ClN2O3. The highest BCUT2D eigenvalue weighted by molar-refractivity contribution is 6.32. The van der Waals surface area contributed by atoms with Crippen LogP contribution in [-0.2, 0) is 14.3 Å². The molecule has 1 aromatic rings. The number of aryl methyl sites for hydroxylation is 1. The van der Waals surface area contributed by atoms with Crippen molar-refractivity contribution < 1.29 is 14.3 Å². The van der Waals surface area contributed by atoms with Gasteiger partial charge in [-0.1, -0.05) is 11.6 Å². The lowest BCUT2D eigenvalue weighted by molar-refractivity contribution is -0.121. The number of amides is 1. The van der Waals surface area contributed by atoms with Gasteiger partial charge < -0.3 is 14.8 Å². The smallest absolute Gasteiger partial charge is 0.250 e. The molecule has 6 heteroatoms. The van der Waals surface area contributed by atoms with Gasteiger partial charge in [0.05, 0.1) is 18.9 Å². The van der Waals surface area contributed by atoms with Crippen LogP contribution in [0.25, 0.3) is 0 Å². The second-order valence-corrected chi connectivity index (χ2v) is 3.80. The molecule has 1 N–H and O–H groups in total. The number of carbonyl (C=O) groups is 1. The normalized spacial score (nSPS) is 10.3. The number of aromatic nitrogens is 1. The molecule has 0 aliphatic carbocycles. The summed E-state index contributed by atoms with van der Waals surface area (Å²) in [5, 5.41) is 2.89. The highest BCUT2D eigenvalue weighted by Crippen LogP contribution is 2.19. The molecule has 0 aliphatic rings. The molecule has 94 valence electrons. The zero-order chi connectivity index (χ0) is 12.7. The van der Waals surface area contributed by atoms with E-state index in [1.165, 1.54) is 0 Å². The van der Waals surface area contributed by atoms with Crippen LogP contribution in [0, 0.1) is 6.92 Å². The number of methoxy groups -OCH3 is 1. The van der Waals surface area contributed by atoms with Crippen LogP contribution in [0.2, 0.25) is 5.15 Å². The van der Waals surface area contributed by atoms with E-state index < -0.39 is 0 Å². The second kappa shape index (κ2) is 7.21. The summed E-state index contributed by atoms with van der Waals surface area (Å²) in [6, 6.07) is 1.75. The molecule has 1 aromatic heterocycles. The largest absolute Gasteiger partial charge is 0.382 e. The Kier molecular flexibility index (Phi) is 5.90. The molecule has 1 heterocycles. The predicted octanol–water partition coefficient (Wildman–Crippen LogP) is 1.64. The van der Waals surface area contributed by atoms with Gasteiger partial charge in [-0.2, -0.15) is 0 Å². The summed E-state index contributed by atoms with van der Waals surface area (Å²) < 4.78 is 9.87. The molecule has 0 aromatic carbocycles. The van der Waals surface area contributed by atoms with Crippen molar-refractivity contribution in [2.75, 3.05) is 32.2 Å². The summed E-state index contributed by atoms with van der Waals surface area (Å²) in [6.07, 6.45) is 1.63. The fourth-order valence-electron chi connectivity index (χ4n) is 1.13. The van der Waals surface area contributed by atoms with E-state index in [2.05, 4.69) is 10.3 Å². The lowest BCUT2D eigenvalue weighted by Gasteiger charge is -2.07. The lowest BCUT2D eigenvalue weighted by atomic mass is 10.3. The summed E-state index contributed by atoms with van der Waals surface area (Å²) in [5.74, 6) is -0.268. The summed E-state index contributed by atoms with van der Waals surface area (Å²) in [6.45, 7) is 2.67. The molecule has 17 heavy (non-hydrogen) atoms. The minimum atomic E-state index is -0.268. The topological polar surface area (TPSA) is 60.5 Å². The van der Waals surface area contributed by atoms with Gasteiger partial charge in [-0.15, -0.1) is 0 Å². The fraction of sp³-hybridized carbons (Fsp3) is 0.455. The summed E-state index contributed by atoms with van der Waals surface area (Å²) >= 11 is 5.84. The standard InChI is InChI=1S/C11H15ClN2O3/c1-8-5-9(11(12)13-6-8)14-10(15)7-17-4-3-16-2/h5-6H,3-4,7H2,1-2H3,(H,14,15). The van der Waals surface area contributed by atoms with Crippen molar-refractivity contribution in [2.45, 2.75) is 6.92 Å². The molecule has 0 atom stereocenters. The second-order valence-electron chi connectivity index (χ2n) is 3.44. The number of ether oxygens (including phenoxy) is 2. The number of nitrogens with one attached hydrogen (secondary N) is 1. The number of hydrogen-bond donors (Lipinski definition) is 1. The number of hydrogen-bond acceptors (Lipinski definition) is 4. The van der Waals surface area contributed by atoms with Crippen molar-refractivity contribution in [1.29, 1.82) is 0 Å². The van der Waals surface area contributed by atoms with Crippen molar-refractivity contribution >= 4 is 23.2 Å². The maximum absolute atomic E-state index is 11.5. The molecule has 0 unspecified atom stereocenters. The zero-order valence-corrected chi connectivity index (χ0v) is 10.6. The lowest BCUT2D eigenvalue weighted by Crippen LogP contribution is -2.20. The van der Waals surface area contributed by atoms with Gasteiger partial charge in [0, 0.05) is 13.3 Å². The van der Waals surface area contributed by atoms with Crippen molar-refractivity contribution in [1.82, 2.24) is 4.98 Å². The average molecular weight is 259 g/mol. The summed E-state index contributed by atoms with van der Waals surface area (Å²) in [5.41, 5.74) is 1.41. The van der Waals surface area contributed by atoms with E-state index in [4.69, 9.17) is 21.1 Å². The number of rotatable bonds is 6. The Morgan fingerprint density at radius 2 is 2.29 bits per heavy atom. The van der Waals surface area contributed by atoms with Crippen LogP contribution in [-0.4, -0.2) is 37.8 Å². The third-order valence-corrected chi connectivity index (χ3v) is 2.22. The first-order valence-electron chi connectivity index (χ1n) is 5.12. The monoisotopic (exact) mass is 258 g/mol. The number of anilines is 1. The molecule has 5 nitrogen and oxygen atoms in total. The summed E-state index contributed by atoms with van der Waals surface area (Å²) in [4.78, 5) is 15.4. The highest BCUT2D eigenvalue weighted by atomic mass is 35.5. The van der Waals surface area contributed by atoms with Gasteiger partial charge in [-0.3, -0.25) is 4.79 Å². The number of nitrogens with zero attached hydrogens (tertiary/aromatic N) is 1. The quantitative estimate of drug-likeness (QED) is 0.623. The van der Waals surface area contributed by atoms with E-state index in [-0.39, 0.29) is 17.7 Å². The molecule has 1 amide bonds. The Morgan fingerprint density at radius 1 is 1.53 bits per heavy atom. The summed E-state index contributed by atoms with van der Waals surface area (Å²) in [7, 11) is 1.57. The minimum Gasteiger partial charge on any atom is -0.382 e. The molecule has 0 bridgehead atoms. The molecule has 0 radical (unpaired) electrons. The van der Waals surface area contributed by atoms with E-state index in [0.717, 1.165) is 5.56 Å². The van der Waals surface area contributed by atoms with Crippen LogP contribution < -0.4 is 5.32 Å². The van der Waals surface area contributed by atoms with Crippen LogP contribution in [0.5, 0.6) is 0 Å². The van der Waals surface area contributed by atoms with Crippen LogP contribution in [0.15, 0.2) is 12.3 Å². The van der Waals surface area contributed by atoms with Crippen LogP contribution >= 0.6 is 11.6 Å². The molecule has 0 saturated carbocycles. The Balaban J connectivity index is 2.42. The molecule has 1 rings (SSSR count). The van der Waals surface area contributed by atoms with E-state index in [0.29, 0.717) is 18.9 Å². The van der Waals surface area contributed by atoms with Gasteiger partial charge in [0.1, 0.15) is 6.61 Å². The van der Waals surface area contributed by atoms with Gasteiger partial charge in [0.15, 0.2) is 5.15 Å². The Morgan fingerprint density at radius 3 is 3.00 bits per heavy atom. The molecule has 0 aliphatic heterocycles. The first-order chi connectivity index (χ1) is 8.13. The van der Waals surface area contributed by atoms with E-state index in [1.54, 1.807) is 19.4 Å². The maximum Gasteiger partial charge on any atom is 0.250 e. The van der Waals surface area contributed by atoms with Crippen LogP contribution in [0.4, 0.5) is 5.69 Å². The minimum absolute atomic E-state index is 0.0341. The third kappa shape index (κ3) is 5.12. The van der Waals surface area contributed by atoms with Gasteiger partial charge in [0.25, 0.3) is 0 Å². The van der Waals surface area contributed by atoms with Crippen molar-refractivity contribution in [2.24, 2.45) is 0 Å². The van der Waals surface area contributed by atoms with E-state index in [9.17, 15) is 4.79 Å². The van der Waals surface area contributed by atoms with Gasteiger partial charge in [-0.25, -0.2) is 4.98 Å². The Bertz CT molecular complexity index is 385. The SMILES string of the molecule is COCCOCC(=O)Nc1cc(C)cnc1Cl. The number of halogens is 1. The maximum atomic E-state index is 11.5. The van der Waals surface area contributed by atoms with Gasteiger partial charge >= 0.3 is 0 Å². The van der Waals surface area contributed by atoms with Crippen molar-refractivity contribution in [3.8, 4) is 0 Å². The van der Waals surface area contributed by atoms with Crippen molar-refractivity contribution in [3.05, 3.63) is 23.0 Å². The van der Waals surface area contributed by atoms with Gasteiger partial charge in [0.2, 0.25) is 5.91 Å². The third-order valence-electron chi connectivity index (χ3n) is 1.91. The van der Waals surface area contributed by atoms with Crippen LogP contribution in [0.3, 0.4) is 0 Å². The molecular weight excluding hydrogens is 244 g/mol. The Hall–Kier alpha value is -1.17. The predicted molar refractivity (Wildman–Crippen MR) is 65.3 cm³/mol. The number of pyridine rings is 1.